The van der Waals surface area contributed by atoms with E-state index in [-0.39, 0.29) is 17.7 Å². The number of amides is 2. The number of benzene rings is 1. The highest BCUT2D eigenvalue weighted by Crippen LogP contribution is 2.27. The van der Waals surface area contributed by atoms with Gasteiger partial charge in [-0.1, -0.05) is 25.1 Å². The molecular formula is C16H20N2O2. The van der Waals surface area contributed by atoms with Gasteiger partial charge in [-0.25, -0.2) is 0 Å². The second-order valence-electron chi connectivity index (χ2n) is 5.72. The molecule has 1 atom stereocenters. The number of hydrogen-bond donors (Lipinski definition) is 1. The van der Waals surface area contributed by atoms with Crippen molar-refractivity contribution >= 4 is 17.5 Å². The van der Waals surface area contributed by atoms with Crippen LogP contribution in [0, 0.1) is 5.92 Å². The number of anilines is 1. The van der Waals surface area contributed by atoms with Gasteiger partial charge in [0.2, 0.25) is 11.8 Å². The van der Waals surface area contributed by atoms with Crippen molar-refractivity contribution in [1.29, 1.82) is 0 Å². The van der Waals surface area contributed by atoms with Crippen LogP contribution in [0.4, 0.5) is 5.69 Å². The molecule has 0 aliphatic carbocycles. The van der Waals surface area contributed by atoms with Gasteiger partial charge in [0.05, 0.1) is 0 Å². The summed E-state index contributed by atoms with van der Waals surface area (Å²) in [6, 6.07) is 6.31. The van der Waals surface area contributed by atoms with Crippen molar-refractivity contribution in [3.63, 3.8) is 0 Å². The second-order valence-corrected chi connectivity index (χ2v) is 5.72. The fourth-order valence-electron chi connectivity index (χ4n) is 3.10. The number of hydrogen-bond acceptors (Lipinski definition) is 3. The van der Waals surface area contributed by atoms with Gasteiger partial charge in [0.15, 0.2) is 0 Å². The Bertz CT molecular complexity index is 553. The number of fused-ring (bicyclic) bond motifs is 1. The highest BCUT2D eigenvalue weighted by atomic mass is 16.2. The Labute approximate surface area is 119 Å². The number of imide groups is 1. The first-order valence-electron chi connectivity index (χ1n) is 7.35. The molecule has 0 aromatic heterocycles. The van der Waals surface area contributed by atoms with Crippen LogP contribution in [-0.4, -0.2) is 29.8 Å². The van der Waals surface area contributed by atoms with Gasteiger partial charge < -0.3 is 5.32 Å². The smallest absolute Gasteiger partial charge is 0.232 e. The molecule has 1 aromatic rings. The van der Waals surface area contributed by atoms with E-state index in [4.69, 9.17) is 0 Å². The Morgan fingerprint density at radius 2 is 2.20 bits per heavy atom. The molecule has 1 unspecified atom stereocenters. The van der Waals surface area contributed by atoms with E-state index in [1.807, 2.05) is 6.92 Å². The van der Waals surface area contributed by atoms with Crippen LogP contribution in [0.1, 0.15) is 30.9 Å². The van der Waals surface area contributed by atoms with E-state index < -0.39 is 0 Å². The zero-order valence-corrected chi connectivity index (χ0v) is 11.8. The third-order valence-corrected chi connectivity index (χ3v) is 4.24. The molecule has 2 amide bonds. The maximum Gasteiger partial charge on any atom is 0.232 e. The zero-order valence-electron chi connectivity index (χ0n) is 11.8. The molecule has 106 valence electrons. The minimum absolute atomic E-state index is 0.0206. The Morgan fingerprint density at radius 3 is 2.95 bits per heavy atom. The fraction of sp³-hybridized carbons (Fsp3) is 0.500. The number of aryl methyl sites for hydroxylation is 1. The summed E-state index contributed by atoms with van der Waals surface area (Å²) in [6.45, 7) is 3.33. The van der Waals surface area contributed by atoms with Crippen molar-refractivity contribution < 1.29 is 9.59 Å². The van der Waals surface area contributed by atoms with Gasteiger partial charge in [0.25, 0.3) is 0 Å². The maximum atomic E-state index is 11.9. The Morgan fingerprint density at radius 1 is 1.35 bits per heavy atom. The molecule has 1 fully saturated rings. The van der Waals surface area contributed by atoms with Crippen molar-refractivity contribution in [2.75, 3.05) is 18.4 Å². The monoisotopic (exact) mass is 272 g/mol. The third-order valence-electron chi connectivity index (χ3n) is 4.24. The van der Waals surface area contributed by atoms with Gasteiger partial charge in [0, 0.05) is 31.1 Å². The van der Waals surface area contributed by atoms with Gasteiger partial charge in [-0.05, 0) is 30.4 Å². The van der Waals surface area contributed by atoms with Crippen molar-refractivity contribution in [2.24, 2.45) is 5.92 Å². The first-order chi connectivity index (χ1) is 9.66. The molecule has 3 rings (SSSR count). The van der Waals surface area contributed by atoms with Crippen LogP contribution in [0.3, 0.4) is 0 Å². The van der Waals surface area contributed by atoms with E-state index in [1.165, 1.54) is 21.7 Å². The van der Waals surface area contributed by atoms with Gasteiger partial charge in [-0.3, -0.25) is 14.5 Å². The van der Waals surface area contributed by atoms with Crippen LogP contribution >= 0.6 is 0 Å². The standard InChI is InChI=1S/C16H20N2O2/c1-11-10-14(19)18(16(11)20)9-7-13-5-2-4-12-6-3-8-17-15(12)13/h2,4-5,11,17H,3,6-10H2,1H3. The van der Waals surface area contributed by atoms with Gasteiger partial charge in [-0.2, -0.15) is 0 Å². The molecule has 0 spiro atoms. The van der Waals surface area contributed by atoms with Crippen LogP contribution in [-0.2, 0) is 22.4 Å². The second kappa shape index (κ2) is 5.27. The molecule has 4 nitrogen and oxygen atoms in total. The topological polar surface area (TPSA) is 49.4 Å². The molecule has 0 bridgehead atoms. The highest BCUT2D eigenvalue weighted by Gasteiger charge is 2.35. The number of carbonyl (C=O) groups excluding carboxylic acids is 2. The van der Waals surface area contributed by atoms with Gasteiger partial charge in [-0.15, -0.1) is 0 Å². The SMILES string of the molecule is CC1CC(=O)N(CCc2cccc3c2NCCC3)C1=O. The lowest BCUT2D eigenvalue weighted by Crippen LogP contribution is -2.32. The van der Waals surface area contributed by atoms with E-state index >= 15 is 0 Å². The molecule has 2 aliphatic rings. The zero-order chi connectivity index (χ0) is 14.1. The van der Waals surface area contributed by atoms with E-state index in [0.717, 1.165) is 25.8 Å². The summed E-state index contributed by atoms with van der Waals surface area (Å²) >= 11 is 0. The number of carbonyl (C=O) groups is 2. The van der Waals surface area contributed by atoms with E-state index in [9.17, 15) is 9.59 Å². The quantitative estimate of drug-likeness (QED) is 0.856. The number of likely N-dealkylation sites (tertiary alicyclic amines) is 1. The van der Waals surface area contributed by atoms with Crippen molar-refractivity contribution in [1.82, 2.24) is 4.90 Å². The summed E-state index contributed by atoms with van der Waals surface area (Å²) in [6.07, 6.45) is 3.37. The summed E-state index contributed by atoms with van der Waals surface area (Å²) in [5.41, 5.74) is 3.77. The third kappa shape index (κ3) is 2.30. The van der Waals surface area contributed by atoms with E-state index in [0.29, 0.717) is 13.0 Å². The average Bonchev–Trinajstić information content (AvgIpc) is 2.70. The predicted molar refractivity (Wildman–Crippen MR) is 77.5 cm³/mol. The number of para-hydroxylation sites is 1. The van der Waals surface area contributed by atoms with Crippen LogP contribution in [0.2, 0.25) is 0 Å². The van der Waals surface area contributed by atoms with Crippen molar-refractivity contribution in [3.05, 3.63) is 29.3 Å². The molecule has 1 saturated heterocycles. The summed E-state index contributed by atoms with van der Waals surface area (Å²) < 4.78 is 0. The summed E-state index contributed by atoms with van der Waals surface area (Å²) in [7, 11) is 0. The van der Waals surface area contributed by atoms with Crippen LogP contribution in [0.15, 0.2) is 18.2 Å². The van der Waals surface area contributed by atoms with E-state index in [2.05, 4.69) is 23.5 Å². The molecule has 4 heteroatoms. The van der Waals surface area contributed by atoms with Crippen molar-refractivity contribution in [2.45, 2.75) is 32.6 Å². The molecule has 1 aromatic carbocycles. The largest absolute Gasteiger partial charge is 0.385 e. The molecule has 2 heterocycles. The summed E-state index contributed by atoms with van der Waals surface area (Å²) in [4.78, 5) is 25.1. The van der Waals surface area contributed by atoms with Gasteiger partial charge in [0.1, 0.15) is 0 Å². The Hall–Kier alpha value is -1.84. The molecule has 0 saturated carbocycles. The van der Waals surface area contributed by atoms with Crippen LogP contribution in [0.25, 0.3) is 0 Å². The van der Waals surface area contributed by atoms with Gasteiger partial charge >= 0.3 is 0 Å². The van der Waals surface area contributed by atoms with Crippen LogP contribution < -0.4 is 5.32 Å². The summed E-state index contributed by atoms with van der Waals surface area (Å²) in [5.74, 6) is -0.196. The first-order valence-corrected chi connectivity index (χ1v) is 7.35. The van der Waals surface area contributed by atoms with E-state index in [1.54, 1.807) is 0 Å². The lowest BCUT2D eigenvalue weighted by Gasteiger charge is -2.22. The minimum Gasteiger partial charge on any atom is -0.385 e. The predicted octanol–water partition coefficient (Wildman–Crippen LogP) is 1.98. The molecule has 20 heavy (non-hydrogen) atoms. The molecule has 2 aliphatic heterocycles. The Kier molecular flexibility index (Phi) is 3.47. The normalized spacial score (nSPS) is 21.9. The molecular weight excluding hydrogens is 252 g/mol. The maximum absolute atomic E-state index is 11.9. The number of nitrogens with zero attached hydrogens (tertiary/aromatic N) is 1. The number of nitrogens with one attached hydrogen (secondary N) is 1. The van der Waals surface area contributed by atoms with Crippen molar-refractivity contribution in [3.8, 4) is 0 Å². The lowest BCUT2D eigenvalue weighted by atomic mass is 9.98. The summed E-state index contributed by atoms with van der Waals surface area (Å²) in [5, 5.41) is 3.45. The Balaban J connectivity index is 1.73. The molecule has 1 N–H and O–H groups in total. The average molecular weight is 272 g/mol. The first kappa shape index (κ1) is 13.2. The highest BCUT2D eigenvalue weighted by molar-refractivity contribution is 6.03. The fourth-order valence-corrected chi connectivity index (χ4v) is 3.10. The van der Waals surface area contributed by atoms with Crippen LogP contribution in [0.5, 0.6) is 0 Å². The number of rotatable bonds is 3. The lowest BCUT2D eigenvalue weighted by molar-refractivity contribution is -0.139. The minimum atomic E-state index is -0.148. The molecule has 0 radical (unpaired) electrons.